The lowest BCUT2D eigenvalue weighted by Gasteiger charge is -2.37. The molecule has 5 heteroatoms. The van der Waals surface area contributed by atoms with Crippen LogP contribution in [0.4, 0.5) is 4.79 Å². The van der Waals surface area contributed by atoms with Crippen LogP contribution in [0.25, 0.3) is 0 Å². The van der Waals surface area contributed by atoms with Gasteiger partial charge in [0.05, 0.1) is 19.3 Å². The average molecular weight is 311 g/mol. The summed E-state index contributed by atoms with van der Waals surface area (Å²) in [5.41, 5.74) is 2.30. The van der Waals surface area contributed by atoms with Crippen molar-refractivity contribution in [2.24, 2.45) is 0 Å². The summed E-state index contributed by atoms with van der Waals surface area (Å²) in [5.74, 6) is 0.376. The molecule has 1 aliphatic carbocycles. The Morgan fingerprint density at radius 2 is 2.39 bits per heavy atom. The van der Waals surface area contributed by atoms with Gasteiger partial charge in [-0.15, -0.1) is 0 Å². The standard InChI is InChI=1S/C13H15BrN2O2/c1-18-13(17)16-7-8-5-9(14)6-15-12(8)10-3-2-4-11(10)16/h5-6,10-11H,2-4,7H2,1H3. The van der Waals surface area contributed by atoms with E-state index in [0.29, 0.717) is 12.5 Å². The summed E-state index contributed by atoms with van der Waals surface area (Å²) in [7, 11) is 1.45. The molecule has 2 heterocycles. The van der Waals surface area contributed by atoms with Crippen LogP contribution in [-0.2, 0) is 11.3 Å². The van der Waals surface area contributed by atoms with Gasteiger partial charge in [0.25, 0.3) is 0 Å². The molecule has 0 spiro atoms. The zero-order valence-electron chi connectivity index (χ0n) is 10.2. The predicted molar refractivity (Wildman–Crippen MR) is 70.3 cm³/mol. The van der Waals surface area contributed by atoms with Crippen LogP contribution in [0.1, 0.15) is 36.4 Å². The monoisotopic (exact) mass is 310 g/mol. The second-order valence-electron chi connectivity index (χ2n) is 4.90. The van der Waals surface area contributed by atoms with Crippen molar-refractivity contribution in [3.8, 4) is 0 Å². The zero-order chi connectivity index (χ0) is 12.7. The van der Waals surface area contributed by atoms with Gasteiger partial charge in [0.2, 0.25) is 0 Å². The topological polar surface area (TPSA) is 42.4 Å². The molecule has 1 amide bonds. The first-order chi connectivity index (χ1) is 8.70. The molecule has 4 nitrogen and oxygen atoms in total. The number of pyridine rings is 1. The average Bonchev–Trinajstić information content (AvgIpc) is 2.85. The number of nitrogens with zero attached hydrogens (tertiary/aromatic N) is 2. The number of carbonyl (C=O) groups is 1. The summed E-state index contributed by atoms with van der Waals surface area (Å²) in [5, 5.41) is 0. The Kier molecular flexibility index (Phi) is 3.01. The molecule has 96 valence electrons. The Morgan fingerprint density at radius 1 is 1.56 bits per heavy atom. The summed E-state index contributed by atoms with van der Waals surface area (Å²) in [6.07, 6.45) is 4.94. The number of carbonyl (C=O) groups excluding carboxylic acids is 1. The van der Waals surface area contributed by atoms with Crippen LogP contribution in [0.15, 0.2) is 16.7 Å². The highest BCUT2D eigenvalue weighted by Gasteiger charge is 2.41. The third kappa shape index (κ3) is 1.81. The van der Waals surface area contributed by atoms with Crippen molar-refractivity contribution in [3.05, 3.63) is 28.0 Å². The molecule has 2 aliphatic rings. The van der Waals surface area contributed by atoms with Crippen LogP contribution in [-0.4, -0.2) is 29.1 Å². The van der Waals surface area contributed by atoms with Gasteiger partial charge in [-0.25, -0.2) is 4.79 Å². The van der Waals surface area contributed by atoms with E-state index < -0.39 is 0 Å². The van der Waals surface area contributed by atoms with E-state index in [4.69, 9.17) is 4.74 Å². The third-order valence-electron chi connectivity index (χ3n) is 3.95. The van der Waals surface area contributed by atoms with Crippen molar-refractivity contribution in [2.75, 3.05) is 7.11 Å². The van der Waals surface area contributed by atoms with Crippen LogP contribution in [0.5, 0.6) is 0 Å². The van der Waals surface area contributed by atoms with E-state index in [2.05, 4.69) is 27.0 Å². The highest BCUT2D eigenvalue weighted by Crippen LogP contribution is 2.43. The first-order valence-corrected chi connectivity index (χ1v) is 6.99. The minimum Gasteiger partial charge on any atom is -0.453 e. The van der Waals surface area contributed by atoms with Crippen molar-refractivity contribution in [1.29, 1.82) is 0 Å². The molecular weight excluding hydrogens is 296 g/mol. The molecule has 0 saturated heterocycles. The maximum absolute atomic E-state index is 11.9. The second-order valence-corrected chi connectivity index (χ2v) is 5.82. The normalized spacial score (nSPS) is 25.6. The lowest BCUT2D eigenvalue weighted by molar-refractivity contribution is 0.0919. The van der Waals surface area contributed by atoms with E-state index in [1.807, 2.05) is 11.1 Å². The first kappa shape index (κ1) is 12.0. The minimum absolute atomic E-state index is 0.225. The summed E-state index contributed by atoms with van der Waals surface area (Å²) < 4.78 is 5.86. The molecular formula is C13H15BrN2O2. The summed E-state index contributed by atoms with van der Waals surface area (Å²) in [4.78, 5) is 18.3. The molecule has 1 aromatic heterocycles. The van der Waals surface area contributed by atoms with E-state index in [1.165, 1.54) is 12.8 Å². The summed E-state index contributed by atoms with van der Waals surface area (Å²) in [6.45, 7) is 0.607. The lowest BCUT2D eigenvalue weighted by Crippen LogP contribution is -2.44. The van der Waals surface area contributed by atoms with E-state index in [9.17, 15) is 4.79 Å². The largest absolute Gasteiger partial charge is 0.453 e. The number of aromatic nitrogens is 1. The molecule has 1 aromatic rings. The van der Waals surface area contributed by atoms with Crippen LogP contribution >= 0.6 is 15.9 Å². The maximum atomic E-state index is 11.9. The van der Waals surface area contributed by atoms with Gasteiger partial charge in [0.1, 0.15) is 0 Å². The van der Waals surface area contributed by atoms with E-state index in [1.54, 1.807) is 0 Å². The number of halogens is 1. The quantitative estimate of drug-likeness (QED) is 0.739. The molecule has 2 unspecified atom stereocenters. The van der Waals surface area contributed by atoms with Crippen LogP contribution in [0.3, 0.4) is 0 Å². The van der Waals surface area contributed by atoms with Crippen LogP contribution in [0.2, 0.25) is 0 Å². The Labute approximate surface area is 114 Å². The van der Waals surface area contributed by atoms with Gasteiger partial charge in [0, 0.05) is 22.6 Å². The van der Waals surface area contributed by atoms with Gasteiger partial charge in [-0.1, -0.05) is 6.42 Å². The SMILES string of the molecule is COC(=O)N1Cc2cc(Br)cnc2C2CCCC21. The molecule has 1 fully saturated rings. The van der Waals surface area contributed by atoms with Crippen molar-refractivity contribution < 1.29 is 9.53 Å². The third-order valence-corrected chi connectivity index (χ3v) is 4.38. The Balaban J connectivity index is 2.02. The van der Waals surface area contributed by atoms with Crippen molar-refractivity contribution in [1.82, 2.24) is 9.88 Å². The highest BCUT2D eigenvalue weighted by atomic mass is 79.9. The fourth-order valence-electron chi connectivity index (χ4n) is 3.20. The molecule has 3 rings (SSSR count). The zero-order valence-corrected chi connectivity index (χ0v) is 11.8. The molecule has 1 saturated carbocycles. The van der Waals surface area contributed by atoms with Gasteiger partial charge in [-0.05, 0) is 40.4 Å². The van der Waals surface area contributed by atoms with Gasteiger partial charge in [-0.2, -0.15) is 0 Å². The number of rotatable bonds is 0. The molecule has 0 radical (unpaired) electrons. The van der Waals surface area contributed by atoms with Crippen molar-refractivity contribution in [2.45, 2.75) is 37.8 Å². The predicted octanol–water partition coefficient (Wildman–Crippen LogP) is 3.06. The lowest BCUT2D eigenvalue weighted by atomic mass is 9.90. The number of fused-ring (bicyclic) bond motifs is 3. The van der Waals surface area contributed by atoms with E-state index >= 15 is 0 Å². The van der Waals surface area contributed by atoms with Crippen LogP contribution in [0, 0.1) is 0 Å². The Hall–Kier alpha value is -1.10. The molecule has 0 aromatic carbocycles. The van der Waals surface area contributed by atoms with Gasteiger partial charge >= 0.3 is 6.09 Å². The molecule has 18 heavy (non-hydrogen) atoms. The van der Waals surface area contributed by atoms with Gasteiger partial charge < -0.3 is 9.64 Å². The Bertz CT molecular complexity index is 492. The Morgan fingerprint density at radius 3 is 3.17 bits per heavy atom. The number of ether oxygens (including phenoxy) is 1. The number of amides is 1. The summed E-state index contributed by atoms with van der Waals surface area (Å²) >= 11 is 3.44. The van der Waals surface area contributed by atoms with Crippen LogP contribution < -0.4 is 0 Å². The first-order valence-electron chi connectivity index (χ1n) is 6.19. The second kappa shape index (κ2) is 4.53. The van der Waals surface area contributed by atoms with Crippen molar-refractivity contribution in [3.63, 3.8) is 0 Å². The number of hydrogen-bond acceptors (Lipinski definition) is 3. The molecule has 2 atom stereocenters. The molecule has 1 aliphatic heterocycles. The smallest absolute Gasteiger partial charge is 0.410 e. The fraction of sp³-hybridized carbons (Fsp3) is 0.538. The molecule has 0 N–H and O–H groups in total. The minimum atomic E-state index is -0.225. The highest BCUT2D eigenvalue weighted by molar-refractivity contribution is 9.10. The summed E-state index contributed by atoms with van der Waals surface area (Å²) in [6, 6.07) is 2.32. The number of methoxy groups -OCH3 is 1. The van der Waals surface area contributed by atoms with E-state index in [-0.39, 0.29) is 12.1 Å². The number of hydrogen-bond donors (Lipinski definition) is 0. The van der Waals surface area contributed by atoms with Crippen molar-refractivity contribution >= 4 is 22.0 Å². The fourth-order valence-corrected chi connectivity index (χ4v) is 3.58. The van der Waals surface area contributed by atoms with Gasteiger partial charge in [-0.3, -0.25) is 4.98 Å². The van der Waals surface area contributed by atoms with Gasteiger partial charge in [0.15, 0.2) is 0 Å². The molecule has 0 bridgehead atoms. The van der Waals surface area contributed by atoms with E-state index in [0.717, 1.165) is 29.3 Å². The maximum Gasteiger partial charge on any atom is 0.410 e.